The molecule has 2 aromatic rings. The minimum absolute atomic E-state index is 0.202. The molecule has 1 N–H and O–H groups in total. The molecule has 19 heavy (non-hydrogen) atoms. The fraction of sp³-hybridized carbons (Fsp3) is 0.214. The van der Waals surface area contributed by atoms with Crippen molar-refractivity contribution in [2.45, 2.75) is 24.0 Å². The zero-order valence-electron chi connectivity index (χ0n) is 10.8. The molecule has 0 aliphatic carbocycles. The smallest absolute Gasteiger partial charge is 0.258 e. The number of hydrogen-bond acceptors (Lipinski definition) is 4. The third-order valence-electron chi connectivity index (χ3n) is 2.28. The van der Waals surface area contributed by atoms with Crippen LogP contribution in [0.25, 0.3) is 0 Å². The number of hydrogen-bond donors (Lipinski definition) is 1. The SMILES string of the molecule is CC(C)Sc1ccc(C(=O)Nc2ncccn2)cc1. The fourth-order valence-electron chi connectivity index (χ4n) is 1.49. The molecule has 0 spiro atoms. The lowest BCUT2D eigenvalue weighted by Crippen LogP contribution is -2.13. The number of nitrogens with zero attached hydrogens (tertiary/aromatic N) is 2. The minimum atomic E-state index is -0.202. The summed E-state index contributed by atoms with van der Waals surface area (Å²) in [6.07, 6.45) is 3.18. The van der Waals surface area contributed by atoms with E-state index in [2.05, 4.69) is 29.1 Å². The molecule has 0 saturated heterocycles. The van der Waals surface area contributed by atoms with Crippen LogP contribution >= 0.6 is 11.8 Å². The topological polar surface area (TPSA) is 54.9 Å². The Morgan fingerprint density at radius 3 is 2.37 bits per heavy atom. The first kappa shape index (κ1) is 13.5. The first-order chi connectivity index (χ1) is 9.15. The van der Waals surface area contributed by atoms with Gasteiger partial charge < -0.3 is 0 Å². The molecule has 0 unspecified atom stereocenters. The van der Waals surface area contributed by atoms with Crippen LogP contribution in [0.5, 0.6) is 0 Å². The van der Waals surface area contributed by atoms with Crippen molar-refractivity contribution in [1.82, 2.24) is 9.97 Å². The second-order valence-electron chi connectivity index (χ2n) is 4.22. The monoisotopic (exact) mass is 273 g/mol. The Hall–Kier alpha value is -1.88. The van der Waals surface area contributed by atoms with E-state index in [-0.39, 0.29) is 5.91 Å². The number of aromatic nitrogens is 2. The zero-order chi connectivity index (χ0) is 13.7. The Balaban J connectivity index is 2.04. The highest BCUT2D eigenvalue weighted by Crippen LogP contribution is 2.22. The molecule has 2 rings (SSSR count). The molecule has 1 aromatic heterocycles. The van der Waals surface area contributed by atoms with E-state index in [1.165, 1.54) is 0 Å². The maximum atomic E-state index is 11.9. The molecule has 0 saturated carbocycles. The van der Waals surface area contributed by atoms with Gasteiger partial charge in [-0.15, -0.1) is 11.8 Å². The third-order valence-corrected chi connectivity index (χ3v) is 3.30. The molecule has 0 atom stereocenters. The lowest BCUT2D eigenvalue weighted by molar-refractivity contribution is 0.102. The van der Waals surface area contributed by atoms with Gasteiger partial charge in [0.25, 0.3) is 5.91 Å². The summed E-state index contributed by atoms with van der Waals surface area (Å²) in [4.78, 5) is 21.0. The Bertz CT molecular complexity index is 540. The summed E-state index contributed by atoms with van der Waals surface area (Å²) in [6, 6.07) is 9.22. The fourth-order valence-corrected chi connectivity index (χ4v) is 2.33. The van der Waals surface area contributed by atoms with E-state index in [0.29, 0.717) is 16.8 Å². The highest BCUT2D eigenvalue weighted by molar-refractivity contribution is 7.99. The van der Waals surface area contributed by atoms with Crippen molar-refractivity contribution < 1.29 is 4.79 Å². The molecule has 1 heterocycles. The van der Waals surface area contributed by atoms with E-state index in [0.717, 1.165) is 4.90 Å². The predicted molar refractivity (Wildman–Crippen MR) is 77.4 cm³/mol. The van der Waals surface area contributed by atoms with Gasteiger partial charge in [-0.2, -0.15) is 0 Å². The summed E-state index contributed by atoms with van der Waals surface area (Å²) in [5.74, 6) is 0.112. The van der Waals surface area contributed by atoms with Crippen LogP contribution in [0.1, 0.15) is 24.2 Å². The molecule has 0 aliphatic heterocycles. The van der Waals surface area contributed by atoms with Gasteiger partial charge in [-0.25, -0.2) is 9.97 Å². The molecule has 5 heteroatoms. The Morgan fingerprint density at radius 2 is 1.79 bits per heavy atom. The number of carbonyl (C=O) groups is 1. The summed E-state index contributed by atoms with van der Waals surface area (Å²) in [5, 5.41) is 3.18. The number of benzene rings is 1. The van der Waals surface area contributed by atoms with Gasteiger partial charge in [-0.05, 0) is 30.3 Å². The standard InChI is InChI=1S/C14H15N3OS/c1-10(2)19-12-6-4-11(5-7-12)13(18)17-14-15-8-3-9-16-14/h3-10H,1-2H3,(H,15,16,17,18). The Labute approximate surface area is 116 Å². The van der Waals surface area contributed by atoms with Gasteiger partial charge >= 0.3 is 0 Å². The molecule has 0 fully saturated rings. The van der Waals surface area contributed by atoms with Crippen molar-refractivity contribution in [3.05, 3.63) is 48.3 Å². The normalized spacial score (nSPS) is 10.5. The summed E-state index contributed by atoms with van der Waals surface area (Å²) in [7, 11) is 0. The van der Waals surface area contributed by atoms with Gasteiger partial charge in [0, 0.05) is 28.1 Å². The van der Waals surface area contributed by atoms with Crippen molar-refractivity contribution in [3.8, 4) is 0 Å². The van der Waals surface area contributed by atoms with E-state index in [1.54, 1.807) is 30.2 Å². The Morgan fingerprint density at radius 1 is 1.16 bits per heavy atom. The number of amides is 1. The van der Waals surface area contributed by atoms with Crippen LogP contribution in [0.4, 0.5) is 5.95 Å². The van der Waals surface area contributed by atoms with Gasteiger partial charge in [0.2, 0.25) is 5.95 Å². The summed E-state index contributed by atoms with van der Waals surface area (Å²) >= 11 is 1.77. The number of carbonyl (C=O) groups excluding carboxylic acids is 1. The molecule has 0 radical (unpaired) electrons. The van der Waals surface area contributed by atoms with Gasteiger partial charge in [0.05, 0.1) is 0 Å². The second-order valence-corrected chi connectivity index (χ2v) is 5.87. The van der Waals surface area contributed by atoms with Gasteiger partial charge in [0.15, 0.2) is 0 Å². The molecule has 98 valence electrons. The van der Waals surface area contributed by atoms with E-state index >= 15 is 0 Å². The van der Waals surface area contributed by atoms with Crippen molar-refractivity contribution in [3.63, 3.8) is 0 Å². The maximum Gasteiger partial charge on any atom is 0.258 e. The first-order valence-corrected chi connectivity index (χ1v) is 6.88. The van der Waals surface area contributed by atoms with E-state index in [4.69, 9.17) is 0 Å². The second kappa shape index (κ2) is 6.33. The largest absolute Gasteiger partial charge is 0.290 e. The van der Waals surface area contributed by atoms with Crippen LogP contribution in [0.2, 0.25) is 0 Å². The lowest BCUT2D eigenvalue weighted by atomic mass is 10.2. The van der Waals surface area contributed by atoms with Crippen molar-refractivity contribution in [1.29, 1.82) is 0 Å². The molecule has 1 amide bonds. The molecule has 0 aliphatic rings. The molecule has 1 aromatic carbocycles. The first-order valence-electron chi connectivity index (χ1n) is 6.00. The number of anilines is 1. The van der Waals surface area contributed by atoms with Crippen molar-refractivity contribution >= 4 is 23.6 Å². The third kappa shape index (κ3) is 4.06. The average Bonchev–Trinajstić information content (AvgIpc) is 2.40. The quantitative estimate of drug-likeness (QED) is 0.869. The predicted octanol–water partition coefficient (Wildman–Crippen LogP) is 3.23. The van der Waals surface area contributed by atoms with Gasteiger partial charge in [0.1, 0.15) is 0 Å². The number of thioether (sulfide) groups is 1. The highest BCUT2D eigenvalue weighted by atomic mass is 32.2. The summed E-state index contributed by atoms with van der Waals surface area (Å²) in [5.41, 5.74) is 0.598. The molecule has 0 bridgehead atoms. The van der Waals surface area contributed by atoms with Crippen LogP contribution in [-0.2, 0) is 0 Å². The lowest BCUT2D eigenvalue weighted by Gasteiger charge is -2.06. The van der Waals surface area contributed by atoms with Crippen LogP contribution in [0, 0.1) is 0 Å². The molecule has 4 nitrogen and oxygen atoms in total. The Kier molecular flexibility index (Phi) is 4.52. The zero-order valence-corrected chi connectivity index (χ0v) is 11.6. The number of rotatable bonds is 4. The number of nitrogens with one attached hydrogen (secondary N) is 1. The molecular weight excluding hydrogens is 258 g/mol. The van der Waals surface area contributed by atoms with E-state index < -0.39 is 0 Å². The van der Waals surface area contributed by atoms with E-state index in [9.17, 15) is 4.79 Å². The minimum Gasteiger partial charge on any atom is -0.290 e. The summed E-state index contributed by atoms with van der Waals surface area (Å²) in [6.45, 7) is 4.27. The van der Waals surface area contributed by atoms with Crippen molar-refractivity contribution in [2.75, 3.05) is 5.32 Å². The van der Waals surface area contributed by atoms with Crippen molar-refractivity contribution in [2.24, 2.45) is 0 Å². The average molecular weight is 273 g/mol. The highest BCUT2D eigenvalue weighted by Gasteiger charge is 2.07. The van der Waals surface area contributed by atoms with Crippen LogP contribution in [-0.4, -0.2) is 21.1 Å². The van der Waals surface area contributed by atoms with Crippen LogP contribution in [0.15, 0.2) is 47.6 Å². The molecular formula is C14H15N3OS. The van der Waals surface area contributed by atoms with Crippen LogP contribution < -0.4 is 5.32 Å². The van der Waals surface area contributed by atoms with E-state index in [1.807, 2.05) is 24.3 Å². The van der Waals surface area contributed by atoms with Gasteiger partial charge in [-0.1, -0.05) is 13.8 Å². The maximum absolute atomic E-state index is 11.9. The summed E-state index contributed by atoms with van der Waals surface area (Å²) < 4.78 is 0. The van der Waals surface area contributed by atoms with Gasteiger partial charge in [-0.3, -0.25) is 10.1 Å². The van der Waals surface area contributed by atoms with Crippen LogP contribution in [0.3, 0.4) is 0 Å².